The quantitative estimate of drug-likeness (QED) is 0.182. The first-order valence-corrected chi connectivity index (χ1v) is 15.4. The van der Waals surface area contributed by atoms with Crippen molar-refractivity contribution in [1.82, 2.24) is 30.6 Å². The van der Waals surface area contributed by atoms with Crippen LogP contribution in [0.2, 0.25) is 0 Å². The maximum Gasteiger partial charge on any atom is 0.123 e. The van der Waals surface area contributed by atoms with Gasteiger partial charge in [0.25, 0.3) is 0 Å². The summed E-state index contributed by atoms with van der Waals surface area (Å²) in [4.78, 5) is 16.6. The number of rotatable bonds is 5. The summed E-state index contributed by atoms with van der Waals surface area (Å²) < 4.78 is 0. The van der Waals surface area contributed by atoms with Gasteiger partial charge in [-0.3, -0.25) is 0 Å². The third-order valence-corrected chi connectivity index (χ3v) is 10.2. The van der Waals surface area contributed by atoms with Crippen LogP contribution in [-0.2, 0) is 0 Å². The van der Waals surface area contributed by atoms with Crippen molar-refractivity contribution >= 4 is 21.5 Å². The molecule has 2 aliphatic heterocycles. The van der Waals surface area contributed by atoms with Gasteiger partial charge in [0.2, 0.25) is 0 Å². The predicted octanol–water partition coefficient (Wildman–Crippen LogP) is 7.29. The minimum Gasteiger partial charge on any atom is -0.341 e. The molecule has 6 aromatic rings. The zero-order chi connectivity index (χ0) is 27.4. The minimum atomic E-state index is 0.377. The molecule has 6 atom stereocenters. The lowest BCUT2D eigenvalue weighted by atomic mass is 9.97. The van der Waals surface area contributed by atoms with Crippen molar-refractivity contribution in [1.29, 1.82) is 0 Å². The van der Waals surface area contributed by atoms with Gasteiger partial charge in [0, 0.05) is 23.2 Å². The van der Waals surface area contributed by atoms with Crippen LogP contribution in [0.1, 0.15) is 49.4 Å². The minimum absolute atomic E-state index is 0.377. The van der Waals surface area contributed by atoms with E-state index >= 15 is 0 Å². The molecule has 6 heteroatoms. The van der Waals surface area contributed by atoms with Crippen LogP contribution in [0.3, 0.4) is 0 Å². The summed E-state index contributed by atoms with van der Waals surface area (Å²) in [5.41, 5.74) is 7.00. The number of imidazole rings is 2. The number of nitrogens with zero attached hydrogens (tertiary/aromatic N) is 2. The van der Waals surface area contributed by atoms with Gasteiger partial charge in [-0.15, -0.1) is 0 Å². The van der Waals surface area contributed by atoms with Crippen LogP contribution in [0, 0.1) is 11.8 Å². The molecule has 4 heterocycles. The predicted molar refractivity (Wildman–Crippen MR) is 167 cm³/mol. The van der Waals surface area contributed by atoms with Gasteiger partial charge in [-0.25, -0.2) is 9.97 Å². The fourth-order valence-corrected chi connectivity index (χ4v) is 7.57. The lowest BCUT2D eigenvalue weighted by molar-refractivity contribution is 0.543. The number of benzene rings is 4. The first-order chi connectivity index (χ1) is 20.7. The number of H-pyrrole nitrogens is 2. The summed E-state index contributed by atoms with van der Waals surface area (Å²) in [7, 11) is 0. The molecule has 2 saturated carbocycles. The van der Waals surface area contributed by atoms with Crippen molar-refractivity contribution in [2.24, 2.45) is 11.8 Å². The molecule has 2 aromatic heterocycles. The van der Waals surface area contributed by atoms with Crippen molar-refractivity contribution in [2.75, 3.05) is 0 Å². The maximum absolute atomic E-state index is 4.71. The van der Waals surface area contributed by atoms with Gasteiger partial charge in [0.15, 0.2) is 0 Å². The highest BCUT2D eigenvalue weighted by Gasteiger charge is 2.47. The number of hydrogen-bond acceptors (Lipinski definition) is 4. The second-order valence-corrected chi connectivity index (χ2v) is 13.0. The monoisotopic (exact) mass is 548 g/mol. The fourth-order valence-electron chi connectivity index (χ4n) is 7.57. The normalized spacial score (nSPS) is 27.4. The maximum atomic E-state index is 4.71. The number of aromatic amines is 2. The molecule has 10 rings (SSSR count). The van der Waals surface area contributed by atoms with E-state index in [9.17, 15) is 0 Å². The molecule has 206 valence electrons. The van der Waals surface area contributed by atoms with Gasteiger partial charge in [0.05, 0.1) is 35.9 Å². The summed E-state index contributed by atoms with van der Waals surface area (Å²) in [5, 5.41) is 12.4. The Bertz CT molecular complexity index is 1850. The Morgan fingerprint density at radius 3 is 1.29 bits per heavy atom. The molecule has 4 aliphatic rings. The third-order valence-electron chi connectivity index (χ3n) is 10.2. The van der Waals surface area contributed by atoms with E-state index in [1.165, 1.54) is 69.5 Å². The Balaban J connectivity index is 0.900. The standard InChI is InChI=1S/C36H32N6/c1-3-23-11-25(33-17-37-35(41-33)31-15-27-13-29(27)39-31)7-5-21(23)9-19(1)20-2-4-24-12-26(8-6-22(24)10-20)34-18-38-36(42-34)32-16-28-14-30(28)40-32/h1-12,17-18,27-32,39-40H,13-16H2,(H,37,41)(H,38,42)/t27-,28-,29+,30+,31-,32-/m0/s1. The topological polar surface area (TPSA) is 81.4 Å². The molecule has 6 nitrogen and oxygen atoms in total. The molecule has 2 saturated heterocycles. The second kappa shape index (κ2) is 8.63. The highest BCUT2D eigenvalue weighted by molar-refractivity contribution is 5.94. The van der Waals surface area contributed by atoms with Crippen LogP contribution in [0.15, 0.2) is 85.2 Å². The molecule has 4 fully saturated rings. The number of aromatic nitrogens is 4. The van der Waals surface area contributed by atoms with Crippen molar-refractivity contribution in [3.05, 3.63) is 96.8 Å². The van der Waals surface area contributed by atoms with Crippen molar-refractivity contribution < 1.29 is 0 Å². The highest BCUT2D eigenvalue weighted by Crippen LogP contribution is 2.46. The van der Waals surface area contributed by atoms with Crippen LogP contribution in [0.4, 0.5) is 0 Å². The first kappa shape index (κ1) is 23.3. The average Bonchev–Trinajstić information content (AvgIpc) is 3.57. The molecule has 0 spiro atoms. The lowest BCUT2D eigenvalue weighted by Gasteiger charge is -2.10. The molecule has 0 radical (unpaired) electrons. The Morgan fingerprint density at radius 2 is 0.881 bits per heavy atom. The molecule has 4 aromatic carbocycles. The van der Waals surface area contributed by atoms with E-state index in [0.29, 0.717) is 12.1 Å². The van der Waals surface area contributed by atoms with E-state index in [-0.39, 0.29) is 0 Å². The smallest absolute Gasteiger partial charge is 0.123 e. The SMILES string of the molecule is c1cc2cc(-c3cnc([C@@H]4C[C@@H]5C[C@H]5N4)[nH]3)ccc2cc1-c1ccc2cc(-c3cnc([C@@H]4C[C@@H]5C[C@H]5N4)[nH]3)ccc2c1. The van der Waals surface area contributed by atoms with Crippen LogP contribution in [0.25, 0.3) is 55.2 Å². The van der Waals surface area contributed by atoms with Gasteiger partial charge < -0.3 is 20.6 Å². The third kappa shape index (κ3) is 3.86. The first-order valence-electron chi connectivity index (χ1n) is 15.4. The Labute approximate surface area is 244 Å². The van der Waals surface area contributed by atoms with Crippen LogP contribution in [0.5, 0.6) is 0 Å². The zero-order valence-electron chi connectivity index (χ0n) is 23.3. The summed E-state index contributed by atoms with van der Waals surface area (Å²) in [6, 6.07) is 29.2. The Hall–Kier alpha value is -4.26. The van der Waals surface area contributed by atoms with Gasteiger partial charge >= 0.3 is 0 Å². The second-order valence-electron chi connectivity index (χ2n) is 13.0. The molecule has 42 heavy (non-hydrogen) atoms. The zero-order valence-corrected chi connectivity index (χ0v) is 23.3. The summed E-state index contributed by atoms with van der Waals surface area (Å²) in [6.45, 7) is 0. The molecular weight excluding hydrogens is 516 g/mol. The number of piperidine rings is 2. The van der Waals surface area contributed by atoms with Crippen molar-refractivity contribution in [3.8, 4) is 33.6 Å². The summed E-state index contributed by atoms with van der Waals surface area (Å²) in [5.74, 6) is 3.86. The van der Waals surface area contributed by atoms with E-state index in [4.69, 9.17) is 9.97 Å². The summed E-state index contributed by atoms with van der Waals surface area (Å²) >= 11 is 0. The van der Waals surface area contributed by atoms with Crippen molar-refractivity contribution in [2.45, 2.75) is 49.9 Å². The summed E-state index contributed by atoms with van der Waals surface area (Å²) in [6.07, 6.45) is 9.05. The van der Waals surface area contributed by atoms with Crippen LogP contribution >= 0.6 is 0 Å². The molecule has 4 N–H and O–H groups in total. The fraction of sp³-hybridized carbons (Fsp3) is 0.278. The van der Waals surface area contributed by atoms with Crippen LogP contribution < -0.4 is 10.6 Å². The highest BCUT2D eigenvalue weighted by atomic mass is 15.1. The molecule has 0 amide bonds. The van der Waals surface area contributed by atoms with E-state index in [2.05, 4.69) is 93.4 Å². The lowest BCUT2D eigenvalue weighted by Crippen LogP contribution is -2.18. The number of hydrogen-bond donors (Lipinski definition) is 4. The van der Waals surface area contributed by atoms with Gasteiger partial charge in [-0.05, 0) is 94.5 Å². The van der Waals surface area contributed by atoms with Gasteiger partial charge in [0.1, 0.15) is 11.6 Å². The van der Waals surface area contributed by atoms with E-state index < -0.39 is 0 Å². The largest absolute Gasteiger partial charge is 0.341 e. The van der Waals surface area contributed by atoms with E-state index in [1.54, 1.807) is 0 Å². The van der Waals surface area contributed by atoms with E-state index in [0.717, 1.165) is 47.0 Å². The number of fused-ring (bicyclic) bond motifs is 4. The molecular formula is C36H32N6. The van der Waals surface area contributed by atoms with Gasteiger partial charge in [-0.2, -0.15) is 0 Å². The molecule has 0 unspecified atom stereocenters. The Morgan fingerprint density at radius 1 is 0.476 bits per heavy atom. The molecule has 0 bridgehead atoms. The van der Waals surface area contributed by atoms with E-state index in [1.807, 2.05) is 12.4 Å². The average molecular weight is 549 g/mol. The van der Waals surface area contributed by atoms with Crippen molar-refractivity contribution in [3.63, 3.8) is 0 Å². The van der Waals surface area contributed by atoms with Gasteiger partial charge in [-0.1, -0.05) is 48.5 Å². The molecule has 2 aliphatic carbocycles. The number of nitrogens with one attached hydrogen (secondary N) is 4. The Kier molecular flexibility index (Phi) is 4.79. The van der Waals surface area contributed by atoms with Crippen LogP contribution in [-0.4, -0.2) is 32.0 Å².